The molecule has 1 unspecified atom stereocenters. The third-order valence-electron chi connectivity index (χ3n) is 3.29. The molecule has 5 heteroatoms. The van der Waals surface area contributed by atoms with E-state index in [4.69, 9.17) is 4.74 Å². The number of aryl methyl sites for hydroxylation is 2. The molecule has 5 nitrogen and oxygen atoms in total. The van der Waals surface area contributed by atoms with Gasteiger partial charge in [-0.05, 0) is 37.9 Å². The van der Waals surface area contributed by atoms with Gasteiger partial charge in [0.15, 0.2) is 0 Å². The van der Waals surface area contributed by atoms with Gasteiger partial charge in [0.25, 0.3) is 0 Å². The molecular weight excluding hydrogens is 264 g/mol. The lowest BCUT2D eigenvalue weighted by Crippen LogP contribution is -2.26. The molecule has 0 amide bonds. The van der Waals surface area contributed by atoms with Gasteiger partial charge in [0.05, 0.1) is 18.8 Å². The zero-order valence-corrected chi connectivity index (χ0v) is 13.1. The van der Waals surface area contributed by atoms with Gasteiger partial charge in [-0.15, -0.1) is 0 Å². The second kappa shape index (κ2) is 7.13. The van der Waals surface area contributed by atoms with E-state index < -0.39 is 0 Å². The highest BCUT2D eigenvalue weighted by atomic mass is 16.5. The summed E-state index contributed by atoms with van der Waals surface area (Å²) in [4.78, 5) is 13.3. The molecule has 2 aromatic heterocycles. The van der Waals surface area contributed by atoms with E-state index >= 15 is 0 Å². The van der Waals surface area contributed by atoms with Crippen LogP contribution in [0.15, 0.2) is 24.7 Å². The van der Waals surface area contributed by atoms with Crippen molar-refractivity contribution in [1.82, 2.24) is 20.3 Å². The van der Waals surface area contributed by atoms with Gasteiger partial charge in [-0.2, -0.15) is 0 Å². The molecule has 1 N–H and O–H groups in total. The Hall–Kier alpha value is -2.01. The summed E-state index contributed by atoms with van der Waals surface area (Å²) in [6.45, 7) is 7.12. The highest BCUT2D eigenvalue weighted by molar-refractivity contribution is 5.34. The molecule has 0 saturated heterocycles. The molecule has 2 heterocycles. The smallest absolute Gasteiger partial charge is 0.237 e. The van der Waals surface area contributed by atoms with Gasteiger partial charge < -0.3 is 10.1 Å². The van der Waals surface area contributed by atoms with Gasteiger partial charge >= 0.3 is 0 Å². The van der Waals surface area contributed by atoms with Crippen LogP contribution in [0.3, 0.4) is 0 Å². The van der Waals surface area contributed by atoms with E-state index in [1.54, 1.807) is 19.5 Å². The molecule has 2 rings (SSSR count). The van der Waals surface area contributed by atoms with Gasteiger partial charge in [0.2, 0.25) is 5.88 Å². The van der Waals surface area contributed by atoms with Crippen molar-refractivity contribution in [2.24, 2.45) is 0 Å². The molecule has 0 spiro atoms. The van der Waals surface area contributed by atoms with Crippen molar-refractivity contribution in [2.45, 2.75) is 33.2 Å². The second-order valence-corrected chi connectivity index (χ2v) is 5.05. The predicted octanol–water partition coefficient (Wildman–Crippen LogP) is 2.59. The van der Waals surface area contributed by atoms with Crippen molar-refractivity contribution in [2.75, 3.05) is 13.7 Å². The average Bonchev–Trinajstić information content (AvgIpc) is 2.49. The number of hydrogen-bond donors (Lipinski definition) is 1. The lowest BCUT2D eigenvalue weighted by molar-refractivity contribution is 0.381. The second-order valence-electron chi connectivity index (χ2n) is 5.05. The molecule has 0 aliphatic carbocycles. The van der Waals surface area contributed by atoms with Crippen LogP contribution in [-0.2, 0) is 0 Å². The maximum Gasteiger partial charge on any atom is 0.237 e. The molecule has 21 heavy (non-hydrogen) atoms. The van der Waals surface area contributed by atoms with Crippen LogP contribution in [0, 0.1) is 13.8 Å². The fourth-order valence-corrected chi connectivity index (χ4v) is 2.33. The zero-order chi connectivity index (χ0) is 15.2. The number of pyridine rings is 1. The molecule has 0 saturated carbocycles. The van der Waals surface area contributed by atoms with Gasteiger partial charge in [-0.25, -0.2) is 4.98 Å². The lowest BCUT2D eigenvalue weighted by Gasteiger charge is -2.20. The van der Waals surface area contributed by atoms with Gasteiger partial charge in [-0.1, -0.05) is 13.0 Å². The lowest BCUT2D eigenvalue weighted by atomic mass is 10.0. The van der Waals surface area contributed by atoms with Crippen molar-refractivity contribution in [1.29, 1.82) is 0 Å². The van der Waals surface area contributed by atoms with Crippen molar-refractivity contribution in [3.8, 4) is 5.88 Å². The minimum atomic E-state index is -0.116. The molecular formula is C16H22N4O. The Balaban J connectivity index is 2.47. The average molecular weight is 286 g/mol. The van der Waals surface area contributed by atoms with Crippen LogP contribution in [0.4, 0.5) is 0 Å². The van der Waals surface area contributed by atoms with E-state index in [1.807, 2.05) is 13.1 Å². The quantitative estimate of drug-likeness (QED) is 0.884. The first-order valence-electron chi connectivity index (χ1n) is 7.18. The van der Waals surface area contributed by atoms with Crippen LogP contribution in [0.5, 0.6) is 5.88 Å². The first-order valence-corrected chi connectivity index (χ1v) is 7.18. The number of nitrogens with zero attached hydrogens (tertiary/aromatic N) is 3. The van der Waals surface area contributed by atoms with E-state index in [-0.39, 0.29) is 6.04 Å². The number of rotatable bonds is 6. The first-order chi connectivity index (χ1) is 10.2. The summed E-state index contributed by atoms with van der Waals surface area (Å²) in [5, 5.41) is 3.49. The van der Waals surface area contributed by atoms with E-state index in [1.165, 1.54) is 0 Å². The fourth-order valence-electron chi connectivity index (χ4n) is 2.33. The molecule has 0 aliphatic heterocycles. The number of nitrogens with one attached hydrogen (secondary N) is 1. The topological polar surface area (TPSA) is 59.9 Å². The van der Waals surface area contributed by atoms with Crippen LogP contribution in [-0.4, -0.2) is 28.6 Å². The van der Waals surface area contributed by atoms with Crippen molar-refractivity contribution in [3.05, 3.63) is 47.2 Å². The summed E-state index contributed by atoms with van der Waals surface area (Å²) in [6, 6.07) is 2.01. The van der Waals surface area contributed by atoms with Gasteiger partial charge in [0, 0.05) is 18.6 Å². The summed E-state index contributed by atoms with van der Waals surface area (Å²) in [5.74, 6) is 0.535. The Morgan fingerprint density at radius 3 is 2.57 bits per heavy atom. The minimum Gasteiger partial charge on any atom is -0.480 e. The fraction of sp³-hybridized carbons (Fsp3) is 0.438. The van der Waals surface area contributed by atoms with Crippen molar-refractivity contribution >= 4 is 0 Å². The third kappa shape index (κ3) is 3.55. The monoisotopic (exact) mass is 286 g/mol. The summed E-state index contributed by atoms with van der Waals surface area (Å²) < 4.78 is 5.35. The molecule has 1 atom stereocenters. The zero-order valence-electron chi connectivity index (χ0n) is 13.1. The molecule has 0 aromatic carbocycles. The van der Waals surface area contributed by atoms with Crippen LogP contribution in [0.25, 0.3) is 0 Å². The highest BCUT2D eigenvalue weighted by Crippen LogP contribution is 2.27. The minimum absolute atomic E-state index is 0.116. The van der Waals surface area contributed by atoms with E-state index in [2.05, 4.69) is 40.2 Å². The maximum absolute atomic E-state index is 5.35. The Morgan fingerprint density at radius 1 is 1.14 bits per heavy atom. The van der Waals surface area contributed by atoms with Crippen LogP contribution in [0.1, 0.15) is 41.9 Å². The molecule has 2 aromatic rings. The van der Waals surface area contributed by atoms with Crippen LogP contribution >= 0.6 is 0 Å². The molecule has 0 aliphatic rings. The van der Waals surface area contributed by atoms with Crippen LogP contribution < -0.4 is 10.1 Å². The summed E-state index contributed by atoms with van der Waals surface area (Å²) in [7, 11) is 1.61. The molecule has 0 bridgehead atoms. The standard InChI is InChI=1S/C16H22N4O/c1-5-6-17-14(13-12(3)9-11(2)10-20-13)15-16(21-4)19-8-7-18-15/h7-10,14,17H,5-6H2,1-4H3. The number of hydrogen-bond acceptors (Lipinski definition) is 5. The Labute approximate surface area is 125 Å². The predicted molar refractivity (Wildman–Crippen MR) is 82.4 cm³/mol. The Kier molecular flexibility index (Phi) is 5.22. The van der Waals surface area contributed by atoms with Gasteiger partial charge in [-0.3, -0.25) is 9.97 Å². The van der Waals surface area contributed by atoms with E-state index in [9.17, 15) is 0 Å². The van der Waals surface area contributed by atoms with Gasteiger partial charge in [0.1, 0.15) is 5.69 Å². The van der Waals surface area contributed by atoms with E-state index in [0.29, 0.717) is 5.88 Å². The normalized spacial score (nSPS) is 12.2. The summed E-state index contributed by atoms with van der Waals surface area (Å²) in [5.41, 5.74) is 4.02. The number of ether oxygens (including phenoxy) is 1. The first kappa shape index (κ1) is 15.4. The molecule has 0 radical (unpaired) electrons. The molecule has 0 fully saturated rings. The number of aromatic nitrogens is 3. The summed E-state index contributed by atoms with van der Waals surface area (Å²) >= 11 is 0. The third-order valence-corrected chi connectivity index (χ3v) is 3.29. The summed E-state index contributed by atoms with van der Waals surface area (Å²) in [6.07, 6.45) is 6.23. The molecule has 112 valence electrons. The van der Waals surface area contributed by atoms with E-state index in [0.717, 1.165) is 35.5 Å². The largest absolute Gasteiger partial charge is 0.480 e. The maximum atomic E-state index is 5.35. The Bertz CT molecular complexity index is 601. The van der Waals surface area contributed by atoms with Crippen molar-refractivity contribution < 1.29 is 4.74 Å². The van der Waals surface area contributed by atoms with Crippen molar-refractivity contribution in [3.63, 3.8) is 0 Å². The number of methoxy groups -OCH3 is 1. The van der Waals surface area contributed by atoms with Crippen LogP contribution in [0.2, 0.25) is 0 Å². The SMILES string of the molecule is CCCNC(c1ncc(C)cc1C)c1nccnc1OC. The Morgan fingerprint density at radius 2 is 1.90 bits per heavy atom. The highest BCUT2D eigenvalue weighted by Gasteiger charge is 2.22.